The number of rotatable bonds is 3. The zero-order valence-corrected chi connectivity index (χ0v) is 9.90. The number of nitrogens with one attached hydrogen (secondary N) is 1. The first kappa shape index (κ1) is 11.6. The molecule has 0 aromatic heterocycles. The van der Waals surface area contributed by atoms with Crippen molar-refractivity contribution < 1.29 is 9.47 Å². The molecular formula is C13H16N2O2. The van der Waals surface area contributed by atoms with E-state index in [1.54, 1.807) is 0 Å². The quantitative estimate of drug-likeness (QED) is 0.870. The van der Waals surface area contributed by atoms with Crippen molar-refractivity contribution in [3.05, 3.63) is 18.2 Å². The summed E-state index contributed by atoms with van der Waals surface area (Å²) in [6.07, 6.45) is 1.39. The Labute approximate surface area is 101 Å². The predicted molar refractivity (Wildman–Crippen MR) is 65.4 cm³/mol. The highest BCUT2D eigenvalue weighted by atomic mass is 16.5. The van der Waals surface area contributed by atoms with E-state index in [0.29, 0.717) is 19.6 Å². The summed E-state index contributed by atoms with van der Waals surface area (Å²) in [5.74, 6) is 1.57. The minimum atomic E-state index is 0.129. The fourth-order valence-corrected chi connectivity index (χ4v) is 1.73. The first-order chi connectivity index (χ1) is 8.29. The van der Waals surface area contributed by atoms with Crippen LogP contribution in [0.5, 0.6) is 11.5 Å². The largest absolute Gasteiger partial charge is 0.490 e. The van der Waals surface area contributed by atoms with Gasteiger partial charge in [0.25, 0.3) is 0 Å². The lowest BCUT2D eigenvalue weighted by Crippen LogP contribution is -2.13. The van der Waals surface area contributed by atoms with Crippen molar-refractivity contribution in [1.29, 1.82) is 5.26 Å². The van der Waals surface area contributed by atoms with Crippen molar-refractivity contribution in [3.63, 3.8) is 0 Å². The Kier molecular flexibility index (Phi) is 3.71. The van der Waals surface area contributed by atoms with E-state index < -0.39 is 0 Å². The minimum Gasteiger partial charge on any atom is -0.490 e. The molecule has 1 aromatic carbocycles. The lowest BCUT2D eigenvalue weighted by molar-refractivity contribution is 0.297. The Hall–Kier alpha value is -1.89. The summed E-state index contributed by atoms with van der Waals surface area (Å²) in [6.45, 7) is 3.36. The number of nitrogens with zero attached hydrogens (tertiary/aromatic N) is 1. The maximum atomic E-state index is 8.61. The molecule has 0 bridgehead atoms. The zero-order valence-electron chi connectivity index (χ0n) is 9.90. The van der Waals surface area contributed by atoms with Crippen LogP contribution in [-0.2, 0) is 0 Å². The molecule has 0 aliphatic carbocycles. The molecule has 1 atom stereocenters. The summed E-state index contributed by atoms with van der Waals surface area (Å²) in [5.41, 5.74) is 0.956. The van der Waals surface area contributed by atoms with Crippen LogP contribution in [0.15, 0.2) is 18.2 Å². The van der Waals surface area contributed by atoms with E-state index in [9.17, 15) is 0 Å². The summed E-state index contributed by atoms with van der Waals surface area (Å²) in [7, 11) is 0. The Bertz CT molecular complexity index is 426. The van der Waals surface area contributed by atoms with Gasteiger partial charge >= 0.3 is 0 Å². The second-order valence-electron chi connectivity index (χ2n) is 4.12. The molecule has 0 fully saturated rings. The summed E-state index contributed by atoms with van der Waals surface area (Å²) in [5, 5.41) is 11.9. The molecule has 1 aromatic rings. The van der Waals surface area contributed by atoms with E-state index in [2.05, 4.69) is 11.4 Å². The molecule has 0 spiro atoms. The van der Waals surface area contributed by atoms with E-state index >= 15 is 0 Å². The Morgan fingerprint density at radius 1 is 1.35 bits per heavy atom. The first-order valence-electron chi connectivity index (χ1n) is 5.83. The first-order valence-corrected chi connectivity index (χ1v) is 5.83. The molecule has 1 aliphatic heterocycles. The monoisotopic (exact) mass is 232 g/mol. The van der Waals surface area contributed by atoms with Crippen LogP contribution in [0.25, 0.3) is 0 Å². The summed E-state index contributed by atoms with van der Waals surface area (Å²) in [6, 6.07) is 8.05. The Balaban J connectivity index is 2.10. The van der Waals surface area contributed by atoms with Crippen molar-refractivity contribution >= 4 is 5.69 Å². The van der Waals surface area contributed by atoms with Crippen molar-refractivity contribution in [1.82, 2.24) is 0 Å². The number of fused-ring (bicyclic) bond motifs is 1. The maximum absolute atomic E-state index is 8.61. The lowest BCUT2D eigenvalue weighted by atomic mass is 10.2. The molecule has 4 heteroatoms. The van der Waals surface area contributed by atoms with Gasteiger partial charge in [0.1, 0.15) is 0 Å². The van der Waals surface area contributed by atoms with Gasteiger partial charge in [-0.2, -0.15) is 5.26 Å². The van der Waals surface area contributed by atoms with Gasteiger partial charge in [0.05, 0.1) is 25.7 Å². The van der Waals surface area contributed by atoms with Crippen molar-refractivity contribution in [3.8, 4) is 17.6 Å². The molecule has 0 radical (unpaired) electrons. The average Bonchev–Trinajstić information content (AvgIpc) is 2.53. The predicted octanol–water partition coefficient (Wildman–Crippen LogP) is 2.56. The molecule has 0 saturated carbocycles. The normalized spacial score (nSPS) is 15.5. The highest BCUT2D eigenvalue weighted by Crippen LogP contribution is 2.32. The van der Waals surface area contributed by atoms with Crippen molar-refractivity contribution in [2.24, 2.45) is 0 Å². The van der Waals surface area contributed by atoms with Gasteiger partial charge in [-0.15, -0.1) is 0 Å². The van der Waals surface area contributed by atoms with Crippen molar-refractivity contribution in [2.75, 3.05) is 18.5 Å². The topological polar surface area (TPSA) is 54.3 Å². The fraction of sp³-hybridized carbons (Fsp3) is 0.462. The Morgan fingerprint density at radius 3 is 2.88 bits per heavy atom. The number of nitriles is 1. The molecule has 1 unspecified atom stereocenters. The molecule has 1 N–H and O–H groups in total. The average molecular weight is 232 g/mol. The minimum absolute atomic E-state index is 0.129. The molecule has 1 heterocycles. The van der Waals surface area contributed by atoms with Gasteiger partial charge in [-0.05, 0) is 19.1 Å². The van der Waals surface area contributed by atoms with E-state index in [1.165, 1.54) is 0 Å². The third kappa shape index (κ3) is 3.04. The molecule has 1 aliphatic rings. The number of anilines is 1. The summed E-state index contributed by atoms with van der Waals surface area (Å²) >= 11 is 0. The molecule has 4 nitrogen and oxygen atoms in total. The zero-order chi connectivity index (χ0) is 12.1. The SMILES string of the molecule is CC(CC#N)Nc1ccc2c(c1)OCCCO2. The van der Waals surface area contributed by atoms with Crippen LogP contribution in [0.1, 0.15) is 19.8 Å². The van der Waals surface area contributed by atoms with Gasteiger partial charge in [-0.25, -0.2) is 0 Å². The van der Waals surface area contributed by atoms with Crippen LogP contribution < -0.4 is 14.8 Å². The smallest absolute Gasteiger partial charge is 0.163 e. The van der Waals surface area contributed by atoms with Gasteiger partial charge in [-0.3, -0.25) is 0 Å². The van der Waals surface area contributed by atoms with E-state index in [4.69, 9.17) is 14.7 Å². The van der Waals surface area contributed by atoms with Crippen LogP contribution in [0.2, 0.25) is 0 Å². The second-order valence-corrected chi connectivity index (χ2v) is 4.12. The highest BCUT2D eigenvalue weighted by molar-refractivity contribution is 5.55. The van der Waals surface area contributed by atoms with Gasteiger partial charge in [0.15, 0.2) is 11.5 Å². The fourth-order valence-electron chi connectivity index (χ4n) is 1.73. The van der Waals surface area contributed by atoms with Gasteiger partial charge in [0.2, 0.25) is 0 Å². The summed E-state index contributed by atoms with van der Waals surface area (Å²) < 4.78 is 11.2. The van der Waals surface area contributed by atoms with Crippen LogP contribution >= 0.6 is 0 Å². The van der Waals surface area contributed by atoms with Crippen LogP contribution in [-0.4, -0.2) is 19.3 Å². The van der Waals surface area contributed by atoms with E-state index in [1.807, 2.05) is 25.1 Å². The van der Waals surface area contributed by atoms with Crippen molar-refractivity contribution in [2.45, 2.75) is 25.8 Å². The lowest BCUT2D eigenvalue weighted by Gasteiger charge is -2.14. The number of hydrogen-bond acceptors (Lipinski definition) is 4. The highest BCUT2D eigenvalue weighted by Gasteiger charge is 2.11. The Morgan fingerprint density at radius 2 is 2.12 bits per heavy atom. The number of benzene rings is 1. The molecule has 0 saturated heterocycles. The molecule has 2 rings (SSSR count). The van der Waals surface area contributed by atoms with Gasteiger partial charge in [0, 0.05) is 24.2 Å². The maximum Gasteiger partial charge on any atom is 0.163 e. The van der Waals surface area contributed by atoms with Gasteiger partial charge < -0.3 is 14.8 Å². The standard InChI is InChI=1S/C13H16N2O2/c1-10(5-6-14)15-11-3-4-12-13(9-11)17-8-2-7-16-12/h3-4,9-10,15H,2,5,7-8H2,1H3. The number of hydrogen-bond donors (Lipinski definition) is 1. The third-order valence-corrected chi connectivity index (χ3v) is 2.56. The molecule has 90 valence electrons. The molecular weight excluding hydrogens is 216 g/mol. The van der Waals surface area contributed by atoms with E-state index in [-0.39, 0.29) is 6.04 Å². The molecule has 17 heavy (non-hydrogen) atoms. The number of ether oxygens (including phenoxy) is 2. The van der Waals surface area contributed by atoms with E-state index in [0.717, 1.165) is 23.6 Å². The summed E-state index contributed by atoms with van der Waals surface area (Å²) in [4.78, 5) is 0. The second kappa shape index (κ2) is 5.44. The third-order valence-electron chi connectivity index (χ3n) is 2.56. The van der Waals surface area contributed by atoms with Crippen LogP contribution in [0.4, 0.5) is 5.69 Å². The van der Waals surface area contributed by atoms with Crippen LogP contribution in [0, 0.1) is 11.3 Å². The van der Waals surface area contributed by atoms with Gasteiger partial charge in [-0.1, -0.05) is 0 Å². The molecule has 0 amide bonds. The van der Waals surface area contributed by atoms with Crippen LogP contribution in [0.3, 0.4) is 0 Å².